The number of amides is 2. The fraction of sp³-hybridized carbons (Fsp3) is 0.318. The van der Waals surface area contributed by atoms with Gasteiger partial charge >= 0.3 is 0 Å². The van der Waals surface area contributed by atoms with E-state index in [1.165, 1.54) is 14.2 Å². The molecule has 2 aromatic rings. The Morgan fingerprint density at radius 2 is 1.63 bits per heavy atom. The number of nitrogens with zero attached hydrogens (tertiary/aromatic N) is 1. The number of ether oxygens (including phenoxy) is 3. The van der Waals surface area contributed by atoms with E-state index in [4.69, 9.17) is 14.2 Å². The molecule has 30 heavy (non-hydrogen) atoms. The maximum absolute atomic E-state index is 12.3. The molecule has 8 heteroatoms. The molecule has 8 nitrogen and oxygen atoms in total. The molecule has 2 N–H and O–H groups in total. The molecule has 2 aromatic carbocycles. The number of carbonyl (C=O) groups is 2. The van der Waals surface area contributed by atoms with Crippen LogP contribution in [-0.2, 0) is 11.2 Å². The molecule has 0 bridgehead atoms. The Morgan fingerprint density at radius 3 is 2.27 bits per heavy atom. The van der Waals surface area contributed by atoms with Crippen LogP contribution in [-0.4, -0.2) is 45.4 Å². The van der Waals surface area contributed by atoms with Crippen molar-refractivity contribution < 1.29 is 23.8 Å². The van der Waals surface area contributed by atoms with Crippen LogP contribution in [0.2, 0.25) is 0 Å². The molecule has 2 amide bonds. The number of nitrogens with one attached hydrogen (secondary N) is 2. The summed E-state index contributed by atoms with van der Waals surface area (Å²) in [7, 11) is 4.64. The molecule has 0 saturated heterocycles. The zero-order valence-electron chi connectivity index (χ0n) is 17.7. The third kappa shape index (κ3) is 6.80. The first-order valence-corrected chi connectivity index (χ1v) is 9.42. The SMILES string of the molecule is COc1ccc(CCNC(=O)C/C(C)=N/NC(=O)c2ccc(OC)c(OC)c2)cc1. The van der Waals surface area contributed by atoms with Crippen LogP contribution >= 0.6 is 0 Å². The molecule has 0 aliphatic carbocycles. The highest BCUT2D eigenvalue weighted by molar-refractivity contribution is 6.01. The Bertz CT molecular complexity index is 894. The third-order valence-electron chi connectivity index (χ3n) is 4.31. The van der Waals surface area contributed by atoms with E-state index in [0.29, 0.717) is 35.7 Å². The van der Waals surface area contributed by atoms with Crippen LogP contribution in [0.15, 0.2) is 47.6 Å². The molecule has 0 aromatic heterocycles. The summed E-state index contributed by atoms with van der Waals surface area (Å²) < 4.78 is 15.5. The van der Waals surface area contributed by atoms with E-state index in [1.54, 1.807) is 32.2 Å². The number of carbonyl (C=O) groups excluding carboxylic acids is 2. The van der Waals surface area contributed by atoms with Gasteiger partial charge in [-0.3, -0.25) is 9.59 Å². The largest absolute Gasteiger partial charge is 0.497 e. The van der Waals surface area contributed by atoms with Gasteiger partial charge in [-0.2, -0.15) is 5.10 Å². The molecule has 0 aliphatic heterocycles. The lowest BCUT2D eigenvalue weighted by molar-refractivity contribution is -0.119. The Kier molecular flexibility index (Phi) is 8.68. The van der Waals surface area contributed by atoms with Crippen LogP contribution in [0.4, 0.5) is 0 Å². The first-order chi connectivity index (χ1) is 14.5. The quantitative estimate of drug-likeness (QED) is 0.461. The van der Waals surface area contributed by atoms with Gasteiger partial charge in [-0.05, 0) is 49.2 Å². The van der Waals surface area contributed by atoms with Gasteiger partial charge in [0.25, 0.3) is 5.91 Å². The molecule has 0 unspecified atom stereocenters. The zero-order valence-corrected chi connectivity index (χ0v) is 17.7. The monoisotopic (exact) mass is 413 g/mol. The van der Waals surface area contributed by atoms with Crippen LogP contribution in [0.3, 0.4) is 0 Å². The van der Waals surface area contributed by atoms with Gasteiger partial charge in [-0.25, -0.2) is 5.43 Å². The van der Waals surface area contributed by atoms with Crippen molar-refractivity contribution in [2.75, 3.05) is 27.9 Å². The maximum atomic E-state index is 12.3. The summed E-state index contributed by atoms with van der Waals surface area (Å²) in [5, 5.41) is 6.84. The Balaban J connectivity index is 1.79. The molecule has 0 atom stereocenters. The predicted octanol–water partition coefficient (Wildman–Crippen LogP) is 2.57. The van der Waals surface area contributed by atoms with E-state index in [9.17, 15) is 9.59 Å². The highest BCUT2D eigenvalue weighted by Gasteiger charge is 2.11. The van der Waals surface area contributed by atoms with Crippen molar-refractivity contribution >= 4 is 17.5 Å². The zero-order chi connectivity index (χ0) is 21.9. The smallest absolute Gasteiger partial charge is 0.271 e. The summed E-state index contributed by atoms with van der Waals surface area (Å²) in [6.45, 7) is 2.19. The molecule has 0 heterocycles. The van der Waals surface area contributed by atoms with Crippen LogP contribution in [0.25, 0.3) is 0 Å². The highest BCUT2D eigenvalue weighted by atomic mass is 16.5. The Hall–Kier alpha value is -3.55. The summed E-state index contributed by atoms with van der Waals surface area (Å²) >= 11 is 0. The van der Waals surface area contributed by atoms with E-state index >= 15 is 0 Å². The second kappa shape index (κ2) is 11.5. The van der Waals surface area contributed by atoms with Crippen molar-refractivity contribution in [1.29, 1.82) is 0 Å². The number of benzene rings is 2. The first kappa shape index (κ1) is 22.7. The van der Waals surface area contributed by atoms with Gasteiger partial charge in [-0.15, -0.1) is 0 Å². The second-order valence-electron chi connectivity index (χ2n) is 6.48. The van der Waals surface area contributed by atoms with Crippen molar-refractivity contribution in [2.45, 2.75) is 19.8 Å². The minimum absolute atomic E-state index is 0.0921. The molecular formula is C22H27N3O5. The van der Waals surface area contributed by atoms with Crippen molar-refractivity contribution in [3.63, 3.8) is 0 Å². The standard InChI is InChI=1S/C22H27N3O5/c1-15(13-21(26)23-12-11-16-5-8-18(28-2)9-6-16)24-25-22(27)17-7-10-19(29-3)20(14-17)30-4/h5-10,14H,11-13H2,1-4H3,(H,23,26)(H,25,27)/b24-15+. The van der Waals surface area contributed by atoms with E-state index in [2.05, 4.69) is 15.8 Å². The number of rotatable bonds is 10. The molecule has 0 saturated carbocycles. The van der Waals surface area contributed by atoms with Crippen molar-refractivity contribution in [3.8, 4) is 17.2 Å². The Labute approximate surface area is 176 Å². The number of methoxy groups -OCH3 is 3. The van der Waals surface area contributed by atoms with Crippen LogP contribution in [0, 0.1) is 0 Å². The Morgan fingerprint density at radius 1 is 0.933 bits per heavy atom. The summed E-state index contributed by atoms with van der Waals surface area (Å²) in [5.74, 6) is 1.20. The van der Waals surface area contributed by atoms with Gasteiger partial charge in [-0.1, -0.05) is 12.1 Å². The molecule has 0 radical (unpaired) electrons. The van der Waals surface area contributed by atoms with Gasteiger partial charge in [0.1, 0.15) is 5.75 Å². The first-order valence-electron chi connectivity index (χ1n) is 9.42. The molecule has 160 valence electrons. The lowest BCUT2D eigenvalue weighted by Gasteiger charge is -2.09. The molecule has 0 aliphatic rings. The van der Waals surface area contributed by atoms with E-state index in [-0.39, 0.29) is 12.3 Å². The van der Waals surface area contributed by atoms with Crippen molar-refractivity contribution in [1.82, 2.24) is 10.7 Å². The molecular weight excluding hydrogens is 386 g/mol. The number of hydrazone groups is 1. The van der Waals surface area contributed by atoms with Crippen molar-refractivity contribution in [3.05, 3.63) is 53.6 Å². The lowest BCUT2D eigenvalue weighted by atomic mass is 10.1. The fourth-order valence-corrected chi connectivity index (χ4v) is 2.66. The fourth-order valence-electron chi connectivity index (χ4n) is 2.66. The highest BCUT2D eigenvalue weighted by Crippen LogP contribution is 2.27. The van der Waals surface area contributed by atoms with Gasteiger partial charge in [0.05, 0.1) is 27.8 Å². The van der Waals surface area contributed by atoms with Gasteiger partial charge in [0.15, 0.2) is 11.5 Å². The second-order valence-corrected chi connectivity index (χ2v) is 6.48. The van der Waals surface area contributed by atoms with Crippen LogP contribution < -0.4 is 25.0 Å². The predicted molar refractivity (Wildman–Crippen MR) is 114 cm³/mol. The maximum Gasteiger partial charge on any atom is 0.271 e. The minimum atomic E-state index is -0.407. The lowest BCUT2D eigenvalue weighted by Crippen LogP contribution is -2.28. The summed E-state index contributed by atoms with van der Waals surface area (Å²) in [5.41, 5.74) is 4.41. The molecule has 2 rings (SSSR count). The summed E-state index contributed by atoms with van der Waals surface area (Å²) in [6, 6.07) is 12.5. The average Bonchev–Trinajstić information content (AvgIpc) is 2.77. The number of hydrogen-bond acceptors (Lipinski definition) is 6. The molecule has 0 spiro atoms. The topological polar surface area (TPSA) is 98.2 Å². The van der Waals surface area contributed by atoms with Crippen molar-refractivity contribution in [2.24, 2.45) is 5.10 Å². The van der Waals surface area contributed by atoms with Gasteiger partial charge in [0, 0.05) is 17.8 Å². The van der Waals surface area contributed by atoms with E-state index in [0.717, 1.165) is 11.3 Å². The van der Waals surface area contributed by atoms with E-state index < -0.39 is 5.91 Å². The van der Waals surface area contributed by atoms with Gasteiger partial charge in [0.2, 0.25) is 5.91 Å². The summed E-state index contributed by atoms with van der Waals surface area (Å²) in [4.78, 5) is 24.3. The van der Waals surface area contributed by atoms with E-state index in [1.807, 2.05) is 24.3 Å². The minimum Gasteiger partial charge on any atom is -0.497 e. The van der Waals surface area contributed by atoms with Crippen LogP contribution in [0.5, 0.6) is 17.2 Å². The van der Waals surface area contributed by atoms with Gasteiger partial charge < -0.3 is 19.5 Å². The average molecular weight is 413 g/mol. The summed E-state index contributed by atoms with van der Waals surface area (Å²) in [6.07, 6.45) is 0.802. The molecule has 0 fully saturated rings. The third-order valence-corrected chi connectivity index (χ3v) is 4.31. The normalized spacial score (nSPS) is 10.9. The van der Waals surface area contributed by atoms with Crippen LogP contribution in [0.1, 0.15) is 29.3 Å². The number of hydrogen-bond donors (Lipinski definition) is 2.